The zero-order valence-corrected chi connectivity index (χ0v) is 9.26. The molecule has 1 heterocycles. The van der Waals surface area contributed by atoms with E-state index in [2.05, 4.69) is 9.59 Å². The van der Waals surface area contributed by atoms with Gasteiger partial charge in [-0.2, -0.15) is 0 Å². The lowest BCUT2D eigenvalue weighted by atomic mass is 10.2. The second kappa shape index (κ2) is 5.82. The molecule has 0 fully saturated rings. The van der Waals surface area contributed by atoms with Gasteiger partial charge in [0.25, 0.3) is 0 Å². The molecule has 4 nitrogen and oxygen atoms in total. The molecule has 0 aromatic carbocycles. The number of Topliss-reactive ketones (excluding diaryl/α,β-unsaturated/α-hetero) is 1. The van der Waals surface area contributed by atoms with Gasteiger partial charge < -0.3 is 4.74 Å². The van der Waals surface area contributed by atoms with E-state index in [1.165, 1.54) is 0 Å². The van der Waals surface area contributed by atoms with Gasteiger partial charge in [-0.05, 0) is 24.4 Å². The number of nitrogens with zero attached hydrogens (tertiary/aromatic N) is 2. The maximum absolute atomic E-state index is 11.6. The molecule has 0 N–H and O–H groups in total. The monoisotopic (exact) mass is 214 g/mol. The minimum atomic E-state index is -0.00898. The highest BCUT2D eigenvalue weighted by molar-refractivity contribution is 7.08. The molecule has 1 rings (SSSR count). The van der Waals surface area contributed by atoms with E-state index in [4.69, 9.17) is 4.74 Å². The number of hydrogen-bond acceptors (Lipinski definition) is 5. The maximum Gasteiger partial charge on any atom is 0.201 e. The Labute approximate surface area is 87.5 Å². The molecule has 0 amide bonds. The van der Waals surface area contributed by atoms with Crippen LogP contribution in [0.25, 0.3) is 0 Å². The van der Waals surface area contributed by atoms with Gasteiger partial charge in [0.2, 0.25) is 5.78 Å². The van der Waals surface area contributed by atoms with Gasteiger partial charge in [0.15, 0.2) is 0 Å². The van der Waals surface area contributed by atoms with E-state index in [1.807, 2.05) is 13.8 Å². The van der Waals surface area contributed by atoms with Crippen molar-refractivity contribution < 1.29 is 9.53 Å². The van der Waals surface area contributed by atoms with Crippen molar-refractivity contribution in [3.63, 3.8) is 0 Å². The maximum atomic E-state index is 11.6. The topological polar surface area (TPSA) is 52.1 Å². The summed E-state index contributed by atoms with van der Waals surface area (Å²) in [5.41, 5.74) is 0.778. The molecular formula is C9H14N2O2S. The van der Waals surface area contributed by atoms with Crippen LogP contribution in [0, 0.1) is 0 Å². The Morgan fingerprint density at radius 3 is 2.93 bits per heavy atom. The lowest BCUT2D eigenvalue weighted by Gasteiger charge is -2.00. The highest BCUT2D eigenvalue weighted by atomic mass is 32.1. The van der Waals surface area contributed by atoms with Gasteiger partial charge in [0.05, 0.1) is 5.69 Å². The van der Waals surface area contributed by atoms with Crippen LogP contribution < -0.4 is 0 Å². The van der Waals surface area contributed by atoms with E-state index in [-0.39, 0.29) is 12.4 Å². The summed E-state index contributed by atoms with van der Waals surface area (Å²) < 4.78 is 8.93. The molecule has 0 spiro atoms. The van der Waals surface area contributed by atoms with E-state index in [1.54, 1.807) is 0 Å². The van der Waals surface area contributed by atoms with Crippen LogP contribution in [0.3, 0.4) is 0 Å². The molecule has 1 aromatic heterocycles. The first-order valence-corrected chi connectivity index (χ1v) is 5.49. The molecule has 0 bridgehead atoms. The molecule has 0 saturated carbocycles. The number of rotatable bonds is 6. The number of aryl methyl sites for hydroxylation is 1. The number of carbonyl (C=O) groups excluding carboxylic acids is 1. The SMILES string of the molecule is CCCOCC(=O)c1snnc1CC. The van der Waals surface area contributed by atoms with Gasteiger partial charge >= 0.3 is 0 Å². The summed E-state index contributed by atoms with van der Waals surface area (Å²) in [6.45, 7) is 4.74. The van der Waals surface area contributed by atoms with Crippen LogP contribution in [0.15, 0.2) is 0 Å². The fraction of sp³-hybridized carbons (Fsp3) is 0.667. The van der Waals surface area contributed by atoms with Gasteiger partial charge in [-0.25, -0.2) is 0 Å². The lowest BCUT2D eigenvalue weighted by molar-refractivity contribution is 0.0764. The Morgan fingerprint density at radius 1 is 1.50 bits per heavy atom. The molecule has 0 aliphatic heterocycles. The first kappa shape index (κ1) is 11.3. The summed E-state index contributed by atoms with van der Waals surface area (Å²) in [6, 6.07) is 0. The fourth-order valence-electron chi connectivity index (χ4n) is 1.03. The van der Waals surface area contributed by atoms with Crippen LogP contribution in [0.1, 0.15) is 35.6 Å². The Hall–Kier alpha value is -0.810. The summed E-state index contributed by atoms with van der Waals surface area (Å²) in [5, 5.41) is 3.88. The van der Waals surface area contributed by atoms with E-state index in [9.17, 15) is 4.79 Å². The molecular weight excluding hydrogens is 200 g/mol. The lowest BCUT2D eigenvalue weighted by Crippen LogP contribution is -2.10. The van der Waals surface area contributed by atoms with Crippen molar-refractivity contribution in [3.05, 3.63) is 10.6 Å². The zero-order chi connectivity index (χ0) is 10.4. The normalized spacial score (nSPS) is 10.4. The first-order chi connectivity index (χ1) is 6.79. The summed E-state index contributed by atoms with van der Waals surface area (Å²) in [7, 11) is 0. The standard InChI is InChI=1S/C9H14N2O2S/c1-3-5-13-6-8(12)9-7(4-2)10-11-14-9/h3-6H2,1-2H3. The number of hydrogen-bond donors (Lipinski definition) is 0. The number of ketones is 1. The molecule has 0 aliphatic carbocycles. The summed E-state index contributed by atoms with van der Waals surface area (Å²) in [6.07, 6.45) is 1.67. The zero-order valence-electron chi connectivity index (χ0n) is 8.45. The van der Waals surface area contributed by atoms with Gasteiger partial charge in [0.1, 0.15) is 11.5 Å². The van der Waals surface area contributed by atoms with Crippen molar-refractivity contribution in [2.24, 2.45) is 0 Å². The van der Waals surface area contributed by atoms with Crippen molar-refractivity contribution in [3.8, 4) is 0 Å². The molecule has 0 radical (unpaired) electrons. The number of aromatic nitrogens is 2. The predicted octanol–water partition coefficient (Wildman–Crippen LogP) is 1.71. The van der Waals surface area contributed by atoms with Crippen LogP contribution in [0.5, 0.6) is 0 Å². The Kier molecular flexibility index (Phi) is 4.69. The van der Waals surface area contributed by atoms with Crippen LogP contribution in [-0.2, 0) is 11.2 Å². The molecule has 0 aliphatic rings. The van der Waals surface area contributed by atoms with Crippen molar-refractivity contribution >= 4 is 17.3 Å². The highest BCUT2D eigenvalue weighted by Gasteiger charge is 2.14. The van der Waals surface area contributed by atoms with Crippen molar-refractivity contribution in [2.45, 2.75) is 26.7 Å². The van der Waals surface area contributed by atoms with Gasteiger partial charge in [0, 0.05) is 6.61 Å². The van der Waals surface area contributed by atoms with Crippen molar-refractivity contribution in [1.82, 2.24) is 9.59 Å². The molecule has 0 unspecified atom stereocenters. The summed E-state index contributed by atoms with van der Waals surface area (Å²) >= 11 is 1.15. The highest BCUT2D eigenvalue weighted by Crippen LogP contribution is 2.11. The second-order valence-electron chi connectivity index (χ2n) is 2.88. The van der Waals surface area contributed by atoms with E-state index < -0.39 is 0 Å². The molecule has 1 aromatic rings. The van der Waals surface area contributed by atoms with Crippen molar-refractivity contribution in [2.75, 3.05) is 13.2 Å². The molecule has 14 heavy (non-hydrogen) atoms. The average Bonchev–Trinajstić information content (AvgIpc) is 2.65. The predicted molar refractivity (Wildman–Crippen MR) is 54.7 cm³/mol. The quantitative estimate of drug-likeness (QED) is 0.534. The van der Waals surface area contributed by atoms with E-state index in [0.29, 0.717) is 11.5 Å². The Morgan fingerprint density at radius 2 is 2.29 bits per heavy atom. The third kappa shape index (κ3) is 2.85. The van der Waals surface area contributed by atoms with E-state index >= 15 is 0 Å². The fourth-order valence-corrected chi connectivity index (χ4v) is 1.70. The minimum absolute atomic E-state index is 0.00898. The van der Waals surface area contributed by atoms with Crippen LogP contribution in [0.4, 0.5) is 0 Å². The third-order valence-electron chi connectivity index (χ3n) is 1.73. The second-order valence-corrected chi connectivity index (χ2v) is 3.63. The van der Waals surface area contributed by atoms with Crippen LogP contribution in [-0.4, -0.2) is 28.6 Å². The Balaban J connectivity index is 2.51. The van der Waals surface area contributed by atoms with Gasteiger partial charge in [-0.3, -0.25) is 4.79 Å². The Bertz CT molecular complexity index is 299. The minimum Gasteiger partial charge on any atom is -0.373 e. The van der Waals surface area contributed by atoms with Gasteiger partial charge in [-0.15, -0.1) is 5.10 Å². The molecule has 78 valence electrons. The number of ether oxygens (including phenoxy) is 1. The first-order valence-electron chi connectivity index (χ1n) is 4.71. The van der Waals surface area contributed by atoms with Crippen LogP contribution >= 0.6 is 11.5 Å². The largest absolute Gasteiger partial charge is 0.373 e. The molecule has 0 atom stereocenters. The summed E-state index contributed by atoms with van der Waals surface area (Å²) in [5.74, 6) is -0.00898. The third-order valence-corrected chi connectivity index (χ3v) is 2.53. The summed E-state index contributed by atoms with van der Waals surface area (Å²) in [4.78, 5) is 12.2. The molecule has 5 heteroatoms. The van der Waals surface area contributed by atoms with Gasteiger partial charge in [-0.1, -0.05) is 18.3 Å². The average molecular weight is 214 g/mol. The van der Waals surface area contributed by atoms with E-state index in [0.717, 1.165) is 30.1 Å². The van der Waals surface area contributed by atoms with Crippen molar-refractivity contribution in [1.29, 1.82) is 0 Å². The smallest absolute Gasteiger partial charge is 0.201 e. The van der Waals surface area contributed by atoms with Crippen LogP contribution in [0.2, 0.25) is 0 Å². The number of carbonyl (C=O) groups is 1. The molecule has 0 saturated heterocycles.